The van der Waals surface area contributed by atoms with E-state index in [1.165, 1.54) is 11.3 Å². The van der Waals surface area contributed by atoms with Gasteiger partial charge in [-0.3, -0.25) is 4.98 Å². The Morgan fingerprint density at radius 2 is 1.84 bits per heavy atom. The minimum absolute atomic E-state index is 0.0965. The van der Waals surface area contributed by atoms with E-state index in [4.69, 9.17) is 4.74 Å². The molecule has 0 aliphatic heterocycles. The fourth-order valence-electron chi connectivity index (χ4n) is 4.40. The number of carbonyl (C=O) groups excluding carboxylic acids is 1. The highest BCUT2D eigenvalue weighted by Crippen LogP contribution is 2.40. The molecule has 3 aromatic rings. The lowest BCUT2D eigenvalue weighted by atomic mass is 9.86. The van der Waals surface area contributed by atoms with Crippen molar-refractivity contribution in [3.8, 4) is 10.4 Å². The Balaban J connectivity index is 1.52. The third-order valence-electron chi connectivity index (χ3n) is 6.10. The van der Waals surface area contributed by atoms with Crippen LogP contribution in [-0.4, -0.2) is 43.2 Å². The summed E-state index contributed by atoms with van der Waals surface area (Å²) in [5.41, 5.74) is 2.10. The maximum Gasteiger partial charge on any atom is 0.407 e. The molecule has 1 amide bonds. The highest BCUT2D eigenvalue weighted by molar-refractivity contribution is 7.89. The number of ether oxygens (including phenoxy) is 1. The first kappa shape index (κ1) is 27.0. The van der Waals surface area contributed by atoms with Gasteiger partial charge in [-0.2, -0.15) is 0 Å². The number of pyridine rings is 1. The summed E-state index contributed by atoms with van der Waals surface area (Å²) in [7, 11) is -3.72. The third-order valence-corrected chi connectivity index (χ3v) is 8.88. The summed E-state index contributed by atoms with van der Waals surface area (Å²) in [4.78, 5) is 21.6. The first-order valence-electron chi connectivity index (χ1n) is 12.5. The Morgan fingerprint density at radius 3 is 2.51 bits per heavy atom. The number of carbonyl (C=O) groups is 1. The number of benzene rings is 1. The number of amides is 1. The zero-order chi connectivity index (χ0) is 26.4. The maximum absolute atomic E-state index is 13.1. The van der Waals surface area contributed by atoms with Crippen molar-refractivity contribution in [2.24, 2.45) is 0 Å². The van der Waals surface area contributed by atoms with Crippen LogP contribution in [0.1, 0.15) is 57.4 Å². The molecular weight excluding hydrogens is 510 g/mol. The predicted octanol–water partition coefficient (Wildman–Crippen LogP) is 5.41. The largest absolute Gasteiger partial charge is 0.447 e. The molecule has 1 saturated carbocycles. The van der Waals surface area contributed by atoms with Crippen molar-refractivity contribution in [1.82, 2.24) is 20.0 Å². The summed E-state index contributed by atoms with van der Waals surface area (Å²) in [6, 6.07) is 9.08. The Kier molecular flexibility index (Phi) is 8.78. The number of hydrogen-bond acceptors (Lipinski definition) is 8. The lowest BCUT2D eigenvalue weighted by Gasteiger charge is -2.28. The standard InChI is InChI=1S/C26H33N5O4S2/c1-4-29-37(33,34)24-15-21(30-20-11-13-27-14-12-20)9-10-22(24)23-16-28-25(36-23)18-5-7-19(8-6-18)31-26(32)35-17(2)3/h9-19,29H,4-8H2,1-3H3,(H,27,30)(H,31,32). The van der Waals surface area contributed by atoms with E-state index in [2.05, 4.69) is 25.3 Å². The van der Waals surface area contributed by atoms with E-state index in [9.17, 15) is 13.2 Å². The Morgan fingerprint density at radius 1 is 1.11 bits per heavy atom. The van der Waals surface area contributed by atoms with E-state index >= 15 is 0 Å². The van der Waals surface area contributed by atoms with Gasteiger partial charge in [-0.25, -0.2) is 22.9 Å². The molecule has 0 radical (unpaired) electrons. The topological polar surface area (TPSA) is 122 Å². The molecule has 0 unspecified atom stereocenters. The van der Waals surface area contributed by atoms with Gasteiger partial charge in [0.05, 0.1) is 20.9 Å². The number of aromatic nitrogens is 2. The first-order chi connectivity index (χ1) is 17.7. The summed E-state index contributed by atoms with van der Waals surface area (Å²) < 4.78 is 34.1. The van der Waals surface area contributed by atoms with E-state index in [-0.39, 0.29) is 29.1 Å². The van der Waals surface area contributed by atoms with Gasteiger partial charge in [-0.1, -0.05) is 13.0 Å². The minimum atomic E-state index is -3.72. The molecule has 1 aliphatic carbocycles. The van der Waals surface area contributed by atoms with Crippen LogP contribution in [0.25, 0.3) is 10.4 Å². The van der Waals surface area contributed by atoms with Gasteiger partial charge >= 0.3 is 6.09 Å². The van der Waals surface area contributed by atoms with Crippen LogP contribution in [0.3, 0.4) is 0 Å². The Hall–Kier alpha value is -3.02. The molecule has 9 nitrogen and oxygen atoms in total. The zero-order valence-electron chi connectivity index (χ0n) is 21.2. The molecule has 11 heteroatoms. The molecule has 2 aromatic heterocycles. The molecule has 4 rings (SSSR count). The molecule has 1 aliphatic rings. The molecule has 1 aromatic carbocycles. The van der Waals surface area contributed by atoms with Crippen molar-refractivity contribution in [3.63, 3.8) is 0 Å². The number of nitrogens with zero attached hydrogens (tertiary/aromatic N) is 2. The molecule has 0 bridgehead atoms. The quantitative estimate of drug-likeness (QED) is 0.330. The number of hydrogen-bond donors (Lipinski definition) is 3. The molecule has 2 heterocycles. The highest BCUT2D eigenvalue weighted by Gasteiger charge is 2.27. The summed E-state index contributed by atoms with van der Waals surface area (Å²) in [5.74, 6) is 0.277. The number of thiazole rings is 1. The van der Waals surface area contributed by atoms with E-state index in [1.807, 2.05) is 38.1 Å². The summed E-state index contributed by atoms with van der Waals surface area (Å²) in [6.45, 7) is 5.71. The fraction of sp³-hybridized carbons (Fsp3) is 0.423. The first-order valence-corrected chi connectivity index (χ1v) is 14.8. The second-order valence-electron chi connectivity index (χ2n) is 9.28. The minimum Gasteiger partial charge on any atom is -0.447 e. The van der Waals surface area contributed by atoms with Crippen LogP contribution in [0, 0.1) is 0 Å². The van der Waals surface area contributed by atoms with Gasteiger partial charge in [0.25, 0.3) is 0 Å². The lowest BCUT2D eigenvalue weighted by Crippen LogP contribution is -2.38. The van der Waals surface area contributed by atoms with Crippen LogP contribution >= 0.6 is 11.3 Å². The van der Waals surface area contributed by atoms with Crippen molar-refractivity contribution in [3.05, 3.63) is 53.9 Å². The average molecular weight is 544 g/mol. The van der Waals surface area contributed by atoms with Crippen LogP contribution in [-0.2, 0) is 14.8 Å². The lowest BCUT2D eigenvalue weighted by molar-refractivity contribution is 0.109. The molecular formula is C26H33N5O4S2. The average Bonchev–Trinajstić information content (AvgIpc) is 3.35. The van der Waals surface area contributed by atoms with Gasteiger partial charge < -0.3 is 15.4 Å². The van der Waals surface area contributed by atoms with Crippen molar-refractivity contribution >= 4 is 38.8 Å². The van der Waals surface area contributed by atoms with Gasteiger partial charge in [0, 0.05) is 54.0 Å². The van der Waals surface area contributed by atoms with Crippen LogP contribution in [0.5, 0.6) is 0 Å². The van der Waals surface area contributed by atoms with Crippen LogP contribution < -0.4 is 15.4 Å². The van der Waals surface area contributed by atoms with E-state index in [0.717, 1.165) is 41.3 Å². The maximum atomic E-state index is 13.1. The Bertz CT molecular complexity index is 1300. The molecule has 1 fully saturated rings. The third kappa shape index (κ3) is 7.06. The second-order valence-corrected chi connectivity index (χ2v) is 12.1. The smallest absolute Gasteiger partial charge is 0.407 e. The number of anilines is 2. The van der Waals surface area contributed by atoms with Crippen molar-refractivity contribution < 1.29 is 17.9 Å². The fourth-order valence-corrected chi connectivity index (χ4v) is 6.87. The molecule has 0 spiro atoms. The summed E-state index contributed by atoms with van der Waals surface area (Å²) in [6.07, 6.45) is 8.09. The van der Waals surface area contributed by atoms with Gasteiger partial charge in [0.15, 0.2) is 0 Å². The van der Waals surface area contributed by atoms with Crippen molar-refractivity contribution in [1.29, 1.82) is 0 Å². The van der Waals surface area contributed by atoms with Crippen molar-refractivity contribution in [2.75, 3.05) is 11.9 Å². The van der Waals surface area contributed by atoms with Crippen LogP contribution in [0.15, 0.2) is 53.8 Å². The van der Waals surface area contributed by atoms with Crippen LogP contribution in [0.4, 0.5) is 16.2 Å². The summed E-state index contributed by atoms with van der Waals surface area (Å²) >= 11 is 1.53. The number of alkyl carbamates (subject to hydrolysis) is 1. The van der Waals surface area contributed by atoms with Gasteiger partial charge in [0.1, 0.15) is 0 Å². The molecule has 37 heavy (non-hydrogen) atoms. The normalized spacial score (nSPS) is 17.9. The number of sulfonamides is 1. The predicted molar refractivity (Wildman–Crippen MR) is 146 cm³/mol. The molecule has 198 valence electrons. The second kappa shape index (κ2) is 12.0. The zero-order valence-corrected chi connectivity index (χ0v) is 22.9. The number of rotatable bonds is 9. The van der Waals surface area contributed by atoms with E-state index in [0.29, 0.717) is 17.8 Å². The highest BCUT2D eigenvalue weighted by atomic mass is 32.2. The van der Waals surface area contributed by atoms with E-state index in [1.54, 1.807) is 31.6 Å². The Labute approximate surface area is 222 Å². The molecule has 0 atom stereocenters. The molecule has 3 N–H and O–H groups in total. The summed E-state index contributed by atoms with van der Waals surface area (Å²) in [5, 5.41) is 7.18. The van der Waals surface area contributed by atoms with E-state index < -0.39 is 10.0 Å². The molecule has 0 saturated heterocycles. The van der Waals surface area contributed by atoms with Gasteiger partial charge in [0.2, 0.25) is 10.0 Å². The van der Waals surface area contributed by atoms with Crippen LogP contribution in [0.2, 0.25) is 0 Å². The number of nitrogens with one attached hydrogen (secondary N) is 3. The van der Waals surface area contributed by atoms with Crippen molar-refractivity contribution in [2.45, 2.75) is 69.4 Å². The monoisotopic (exact) mass is 543 g/mol. The SMILES string of the molecule is CCNS(=O)(=O)c1cc(Nc2ccncc2)ccc1-c1cnc(C2CCC(NC(=O)OC(C)C)CC2)s1. The van der Waals surface area contributed by atoms with Gasteiger partial charge in [-0.05, 0) is 63.8 Å². The van der Waals surface area contributed by atoms with Gasteiger partial charge in [-0.15, -0.1) is 11.3 Å².